The Bertz CT molecular complexity index is 1040. The van der Waals surface area contributed by atoms with Crippen LogP contribution in [0.25, 0.3) is 20.2 Å². The number of rotatable bonds is 3. The summed E-state index contributed by atoms with van der Waals surface area (Å²) in [5.41, 5.74) is 0.0783. The highest BCUT2D eigenvalue weighted by Crippen LogP contribution is 2.39. The Labute approximate surface area is 144 Å². The standard InChI is InChI=1S/C16H10ClNO5S/c1-6(19)18-12-5-14-8(3-10(12)16(22)23)7-2-9(15(20)21)11(17)4-13(7)24-14/h2-5H,1H3,(H,18,19)(H,20,21)(H,22,23). The van der Waals surface area contributed by atoms with Gasteiger partial charge in [-0.3, -0.25) is 4.79 Å². The highest BCUT2D eigenvalue weighted by atomic mass is 35.5. The van der Waals surface area contributed by atoms with Crippen molar-refractivity contribution < 1.29 is 24.6 Å². The molecule has 24 heavy (non-hydrogen) atoms. The minimum absolute atomic E-state index is 0.0494. The topological polar surface area (TPSA) is 104 Å². The summed E-state index contributed by atoms with van der Waals surface area (Å²) in [6.45, 7) is 1.29. The second kappa shape index (κ2) is 5.77. The van der Waals surface area contributed by atoms with E-state index in [9.17, 15) is 24.6 Å². The quantitative estimate of drug-likeness (QED) is 0.651. The number of carboxylic acids is 2. The smallest absolute Gasteiger partial charge is 0.337 e. The molecule has 0 aliphatic heterocycles. The molecule has 0 saturated carbocycles. The van der Waals surface area contributed by atoms with Gasteiger partial charge in [0.25, 0.3) is 0 Å². The first-order chi connectivity index (χ1) is 11.3. The van der Waals surface area contributed by atoms with Crippen LogP contribution in [0.15, 0.2) is 24.3 Å². The Morgan fingerprint density at radius 1 is 0.958 bits per heavy atom. The molecule has 0 radical (unpaired) electrons. The van der Waals surface area contributed by atoms with Gasteiger partial charge in [-0.25, -0.2) is 9.59 Å². The molecule has 0 unspecified atom stereocenters. The minimum atomic E-state index is -1.19. The van der Waals surface area contributed by atoms with Crippen LogP contribution in [-0.4, -0.2) is 28.1 Å². The molecule has 1 amide bonds. The molecule has 0 aliphatic rings. The molecule has 0 aliphatic carbocycles. The number of thiophene rings is 1. The summed E-state index contributed by atoms with van der Waals surface area (Å²) in [6.07, 6.45) is 0. The first kappa shape index (κ1) is 16.2. The third-order valence-corrected chi connectivity index (χ3v) is 4.90. The summed E-state index contributed by atoms with van der Waals surface area (Å²) in [5.74, 6) is -2.73. The van der Waals surface area contributed by atoms with Crippen LogP contribution in [-0.2, 0) is 4.79 Å². The molecule has 3 aromatic rings. The number of hydrogen-bond acceptors (Lipinski definition) is 4. The molecular weight excluding hydrogens is 354 g/mol. The van der Waals surface area contributed by atoms with Gasteiger partial charge in [-0.2, -0.15) is 0 Å². The van der Waals surface area contributed by atoms with E-state index in [1.165, 1.54) is 30.4 Å². The minimum Gasteiger partial charge on any atom is -0.478 e. The molecule has 0 bridgehead atoms. The second-order valence-electron chi connectivity index (χ2n) is 5.12. The summed E-state index contributed by atoms with van der Waals surface area (Å²) >= 11 is 7.32. The van der Waals surface area contributed by atoms with Gasteiger partial charge in [0, 0.05) is 27.1 Å². The van der Waals surface area contributed by atoms with E-state index < -0.39 is 11.9 Å². The molecule has 3 rings (SSSR count). The van der Waals surface area contributed by atoms with Gasteiger partial charge in [-0.05, 0) is 24.3 Å². The second-order valence-corrected chi connectivity index (χ2v) is 6.61. The van der Waals surface area contributed by atoms with Gasteiger partial charge in [-0.1, -0.05) is 11.6 Å². The van der Waals surface area contributed by atoms with Crippen LogP contribution >= 0.6 is 22.9 Å². The molecule has 2 aromatic carbocycles. The lowest BCUT2D eigenvalue weighted by molar-refractivity contribution is -0.114. The van der Waals surface area contributed by atoms with Gasteiger partial charge in [-0.15, -0.1) is 11.3 Å². The van der Waals surface area contributed by atoms with Crippen LogP contribution in [0.1, 0.15) is 27.6 Å². The zero-order valence-electron chi connectivity index (χ0n) is 12.2. The fourth-order valence-corrected chi connectivity index (χ4v) is 3.93. The van der Waals surface area contributed by atoms with Crippen molar-refractivity contribution in [1.82, 2.24) is 0 Å². The van der Waals surface area contributed by atoms with E-state index in [4.69, 9.17) is 11.6 Å². The maximum atomic E-state index is 11.5. The highest BCUT2D eigenvalue weighted by molar-refractivity contribution is 7.25. The number of anilines is 1. The number of carbonyl (C=O) groups excluding carboxylic acids is 1. The molecule has 122 valence electrons. The van der Waals surface area contributed by atoms with E-state index in [-0.39, 0.29) is 27.7 Å². The van der Waals surface area contributed by atoms with E-state index >= 15 is 0 Å². The molecule has 0 fully saturated rings. The lowest BCUT2D eigenvalue weighted by Gasteiger charge is -2.07. The molecule has 6 nitrogen and oxygen atoms in total. The normalized spacial score (nSPS) is 10.9. The van der Waals surface area contributed by atoms with Gasteiger partial charge in [0.2, 0.25) is 5.91 Å². The Balaban J connectivity index is 2.36. The molecule has 3 N–H and O–H groups in total. The van der Waals surface area contributed by atoms with Crippen molar-refractivity contribution in [2.45, 2.75) is 6.92 Å². The zero-order valence-corrected chi connectivity index (χ0v) is 13.8. The van der Waals surface area contributed by atoms with Crippen molar-refractivity contribution in [2.75, 3.05) is 5.32 Å². The molecule has 0 spiro atoms. The Morgan fingerprint density at radius 3 is 2.04 bits per heavy atom. The van der Waals surface area contributed by atoms with Crippen LogP contribution in [0.5, 0.6) is 0 Å². The van der Waals surface area contributed by atoms with Crippen LogP contribution < -0.4 is 5.32 Å². The molecule has 1 aromatic heterocycles. The third kappa shape index (κ3) is 2.68. The first-order valence-corrected chi connectivity index (χ1v) is 7.91. The Kier molecular flexibility index (Phi) is 3.90. The molecule has 8 heteroatoms. The summed E-state index contributed by atoms with van der Waals surface area (Å²) in [7, 11) is 0. The third-order valence-electron chi connectivity index (χ3n) is 3.47. The van der Waals surface area contributed by atoms with Crippen LogP contribution in [0.4, 0.5) is 5.69 Å². The van der Waals surface area contributed by atoms with E-state index in [1.807, 2.05) is 0 Å². The lowest BCUT2D eigenvalue weighted by atomic mass is 10.1. The van der Waals surface area contributed by atoms with Gasteiger partial charge >= 0.3 is 11.9 Å². The Hall–Kier alpha value is -2.64. The average molecular weight is 364 g/mol. The zero-order chi connectivity index (χ0) is 17.6. The maximum Gasteiger partial charge on any atom is 0.337 e. The van der Waals surface area contributed by atoms with E-state index in [0.717, 1.165) is 9.40 Å². The number of benzene rings is 2. The lowest BCUT2D eigenvalue weighted by Crippen LogP contribution is -2.10. The van der Waals surface area contributed by atoms with E-state index in [2.05, 4.69) is 5.32 Å². The van der Waals surface area contributed by atoms with E-state index in [1.54, 1.807) is 12.1 Å². The van der Waals surface area contributed by atoms with Crippen molar-refractivity contribution in [2.24, 2.45) is 0 Å². The van der Waals surface area contributed by atoms with Gasteiger partial charge in [0.05, 0.1) is 21.8 Å². The van der Waals surface area contributed by atoms with E-state index in [0.29, 0.717) is 10.8 Å². The number of amides is 1. The summed E-state index contributed by atoms with van der Waals surface area (Å²) in [5, 5.41) is 22.4. The fourth-order valence-electron chi connectivity index (χ4n) is 2.48. The van der Waals surface area contributed by atoms with Crippen LogP contribution in [0, 0.1) is 0 Å². The molecule has 1 heterocycles. The van der Waals surface area contributed by atoms with Crippen molar-refractivity contribution in [3.8, 4) is 0 Å². The molecular formula is C16H10ClNO5S. The van der Waals surface area contributed by atoms with Crippen molar-refractivity contribution in [1.29, 1.82) is 0 Å². The van der Waals surface area contributed by atoms with Gasteiger partial charge < -0.3 is 15.5 Å². The average Bonchev–Trinajstić information content (AvgIpc) is 2.80. The van der Waals surface area contributed by atoms with Crippen LogP contribution in [0.2, 0.25) is 5.02 Å². The SMILES string of the molecule is CC(=O)Nc1cc2sc3cc(Cl)c(C(=O)O)cc3c2cc1C(=O)O. The predicted molar refractivity (Wildman–Crippen MR) is 92.6 cm³/mol. The monoisotopic (exact) mass is 363 g/mol. The molecule has 0 atom stereocenters. The summed E-state index contributed by atoms with van der Waals surface area (Å²) < 4.78 is 1.45. The van der Waals surface area contributed by atoms with Gasteiger partial charge in [0.1, 0.15) is 0 Å². The van der Waals surface area contributed by atoms with Gasteiger partial charge in [0.15, 0.2) is 0 Å². The number of nitrogens with one attached hydrogen (secondary N) is 1. The number of carbonyl (C=O) groups is 3. The van der Waals surface area contributed by atoms with Crippen LogP contribution in [0.3, 0.4) is 0 Å². The number of fused-ring (bicyclic) bond motifs is 3. The van der Waals surface area contributed by atoms with Crippen molar-refractivity contribution in [3.05, 3.63) is 40.4 Å². The maximum absolute atomic E-state index is 11.5. The fraction of sp³-hybridized carbons (Fsp3) is 0.0625. The number of aromatic carboxylic acids is 2. The Morgan fingerprint density at radius 2 is 1.50 bits per heavy atom. The highest BCUT2D eigenvalue weighted by Gasteiger charge is 2.18. The largest absolute Gasteiger partial charge is 0.478 e. The van der Waals surface area contributed by atoms with Crippen molar-refractivity contribution in [3.63, 3.8) is 0 Å². The number of halogens is 1. The number of hydrogen-bond donors (Lipinski definition) is 3. The number of carboxylic acid groups (broad SMARTS) is 2. The summed E-state index contributed by atoms with van der Waals surface area (Å²) in [6, 6.07) is 5.98. The summed E-state index contributed by atoms with van der Waals surface area (Å²) in [4.78, 5) is 34.0. The first-order valence-electron chi connectivity index (χ1n) is 6.72. The molecule has 0 saturated heterocycles. The predicted octanol–water partition coefficient (Wildman–Crippen LogP) is 4.06. The van der Waals surface area contributed by atoms with Crippen molar-refractivity contribution >= 4 is 66.6 Å².